The smallest absolute Gasteiger partial charge is 0.229 e. The van der Waals surface area contributed by atoms with Gasteiger partial charge in [0, 0.05) is 17.3 Å². The van der Waals surface area contributed by atoms with Crippen LogP contribution in [0.25, 0.3) is 11.3 Å². The number of nitrogens with zero attached hydrogens (tertiary/aromatic N) is 3. The van der Waals surface area contributed by atoms with Crippen molar-refractivity contribution < 1.29 is 18.4 Å². The van der Waals surface area contributed by atoms with Crippen molar-refractivity contribution in [2.24, 2.45) is 0 Å². The molecule has 4 aromatic rings. The average molecular weight is 419 g/mol. The van der Waals surface area contributed by atoms with Gasteiger partial charge in [-0.15, -0.1) is 0 Å². The lowest BCUT2D eigenvalue weighted by Gasteiger charge is -2.19. The van der Waals surface area contributed by atoms with Crippen molar-refractivity contribution in [2.45, 2.75) is 6.92 Å². The summed E-state index contributed by atoms with van der Waals surface area (Å²) in [6.45, 7) is 2.75. The van der Waals surface area contributed by atoms with Crippen LogP contribution >= 0.6 is 0 Å². The average Bonchev–Trinajstić information content (AvgIpc) is 3.16. The van der Waals surface area contributed by atoms with Gasteiger partial charge >= 0.3 is 0 Å². The van der Waals surface area contributed by atoms with Crippen LogP contribution in [0.5, 0.6) is 11.5 Å². The SMILES string of the molecule is Cc1onc(-c2ccccc2)c1Nc1ncc(F)c(Nc2ccc3c(c2)OCCO3)n1. The van der Waals surface area contributed by atoms with E-state index in [1.54, 1.807) is 25.1 Å². The van der Waals surface area contributed by atoms with E-state index in [-0.39, 0.29) is 11.8 Å². The molecule has 0 radical (unpaired) electrons. The quantitative estimate of drug-likeness (QED) is 0.475. The second-order valence-electron chi connectivity index (χ2n) is 6.83. The third-order valence-electron chi connectivity index (χ3n) is 4.70. The zero-order chi connectivity index (χ0) is 21.2. The first-order valence-electron chi connectivity index (χ1n) is 9.65. The van der Waals surface area contributed by atoms with Gasteiger partial charge in [0.15, 0.2) is 28.9 Å². The lowest BCUT2D eigenvalue weighted by Crippen LogP contribution is -2.15. The summed E-state index contributed by atoms with van der Waals surface area (Å²) in [5, 5.41) is 10.2. The summed E-state index contributed by atoms with van der Waals surface area (Å²) >= 11 is 0. The molecule has 0 saturated carbocycles. The van der Waals surface area contributed by atoms with E-state index in [9.17, 15) is 4.39 Å². The maximum absolute atomic E-state index is 14.4. The Hall–Kier alpha value is -4.14. The van der Waals surface area contributed by atoms with Gasteiger partial charge in [-0.05, 0) is 19.1 Å². The highest BCUT2D eigenvalue weighted by Crippen LogP contribution is 2.34. The van der Waals surface area contributed by atoms with Gasteiger partial charge in [-0.3, -0.25) is 0 Å². The third-order valence-corrected chi connectivity index (χ3v) is 4.70. The zero-order valence-electron chi connectivity index (χ0n) is 16.6. The molecule has 9 heteroatoms. The number of halogens is 1. The van der Waals surface area contributed by atoms with Gasteiger partial charge in [0.2, 0.25) is 5.95 Å². The van der Waals surface area contributed by atoms with E-state index >= 15 is 0 Å². The van der Waals surface area contributed by atoms with Crippen molar-refractivity contribution in [1.82, 2.24) is 15.1 Å². The van der Waals surface area contributed by atoms with Crippen LogP contribution in [0.3, 0.4) is 0 Å². The van der Waals surface area contributed by atoms with E-state index in [2.05, 4.69) is 25.8 Å². The number of fused-ring (bicyclic) bond motifs is 1. The van der Waals surface area contributed by atoms with Crippen LogP contribution in [0, 0.1) is 12.7 Å². The van der Waals surface area contributed by atoms with E-state index in [1.165, 1.54) is 0 Å². The fourth-order valence-electron chi connectivity index (χ4n) is 3.20. The van der Waals surface area contributed by atoms with E-state index in [1.807, 2.05) is 30.3 Å². The van der Waals surface area contributed by atoms with E-state index in [0.29, 0.717) is 47.5 Å². The lowest BCUT2D eigenvalue weighted by atomic mass is 10.1. The van der Waals surface area contributed by atoms with Crippen molar-refractivity contribution in [3.8, 4) is 22.8 Å². The molecule has 0 bridgehead atoms. The number of ether oxygens (including phenoxy) is 2. The molecule has 8 nitrogen and oxygen atoms in total. The topological polar surface area (TPSA) is 94.3 Å². The van der Waals surface area contributed by atoms with Crippen molar-refractivity contribution in [3.63, 3.8) is 0 Å². The number of nitrogens with one attached hydrogen (secondary N) is 2. The molecule has 5 rings (SSSR count). The summed E-state index contributed by atoms with van der Waals surface area (Å²) in [5.74, 6) is 1.43. The second-order valence-corrected chi connectivity index (χ2v) is 6.83. The maximum Gasteiger partial charge on any atom is 0.229 e. The summed E-state index contributed by atoms with van der Waals surface area (Å²) in [4.78, 5) is 8.33. The lowest BCUT2D eigenvalue weighted by molar-refractivity contribution is 0.171. The molecule has 2 N–H and O–H groups in total. The highest BCUT2D eigenvalue weighted by atomic mass is 19.1. The summed E-state index contributed by atoms with van der Waals surface area (Å²) in [6, 6.07) is 14.8. The number of hydrogen-bond donors (Lipinski definition) is 2. The standard InChI is InChI=1S/C22H18FN5O3/c1-13-19(20(28-31-13)14-5-3-2-4-6-14)26-22-24-12-16(23)21(27-22)25-15-7-8-17-18(11-15)30-10-9-29-17/h2-8,11-12H,9-10H2,1H3,(H2,24,25,26,27). The molecule has 0 unspecified atom stereocenters. The number of aromatic nitrogens is 3. The molecular weight excluding hydrogens is 401 g/mol. The first kappa shape index (κ1) is 18.9. The van der Waals surface area contributed by atoms with Crippen LogP contribution in [-0.2, 0) is 0 Å². The molecule has 3 heterocycles. The minimum atomic E-state index is -0.592. The van der Waals surface area contributed by atoms with Gasteiger partial charge in [-0.2, -0.15) is 4.98 Å². The molecule has 0 saturated heterocycles. The zero-order valence-corrected chi connectivity index (χ0v) is 16.6. The largest absolute Gasteiger partial charge is 0.486 e. The van der Waals surface area contributed by atoms with Crippen molar-refractivity contribution >= 4 is 23.1 Å². The number of hydrogen-bond acceptors (Lipinski definition) is 8. The molecular formula is C22H18FN5O3. The molecule has 2 aromatic carbocycles. The van der Waals surface area contributed by atoms with Crippen LogP contribution in [0.2, 0.25) is 0 Å². The number of aryl methyl sites for hydroxylation is 1. The molecule has 1 aliphatic heterocycles. The van der Waals surface area contributed by atoms with Gasteiger partial charge < -0.3 is 24.6 Å². The number of benzene rings is 2. The Balaban J connectivity index is 1.42. The van der Waals surface area contributed by atoms with Crippen LogP contribution in [-0.4, -0.2) is 28.3 Å². The molecule has 2 aromatic heterocycles. The predicted octanol–water partition coefficient (Wildman–Crippen LogP) is 4.84. The van der Waals surface area contributed by atoms with Crippen LogP contribution < -0.4 is 20.1 Å². The highest BCUT2D eigenvalue weighted by Gasteiger charge is 2.17. The van der Waals surface area contributed by atoms with E-state index in [0.717, 1.165) is 11.8 Å². The van der Waals surface area contributed by atoms with Crippen LogP contribution in [0.4, 0.5) is 27.5 Å². The molecule has 0 aliphatic carbocycles. The minimum Gasteiger partial charge on any atom is -0.486 e. The second kappa shape index (κ2) is 7.94. The van der Waals surface area contributed by atoms with E-state index in [4.69, 9.17) is 14.0 Å². The first-order chi connectivity index (χ1) is 15.2. The van der Waals surface area contributed by atoms with Crippen molar-refractivity contribution in [2.75, 3.05) is 23.8 Å². The normalized spacial score (nSPS) is 12.5. The Morgan fingerprint density at radius 1 is 0.968 bits per heavy atom. The van der Waals surface area contributed by atoms with Crippen LogP contribution in [0.15, 0.2) is 59.3 Å². The Labute approximate surface area is 177 Å². The summed E-state index contributed by atoms with van der Waals surface area (Å²) < 4.78 is 30.8. The van der Waals surface area contributed by atoms with Gasteiger partial charge in [-0.1, -0.05) is 35.5 Å². The molecule has 31 heavy (non-hydrogen) atoms. The van der Waals surface area contributed by atoms with Crippen molar-refractivity contribution in [3.05, 3.63) is 66.3 Å². The summed E-state index contributed by atoms with van der Waals surface area (Å²) in [5.41, 5.74) is 2.72. The summed E-state index contributed by atoms with van der Waals surface area (Å²) in [7, 11) is 0. The number of anilines is 4. The first-order valence-corrected chi connectivity index (χ1v) is 9.65. The molecule has 0 spiro atoms. The third kappa shape index (κ3) is 3.85. The Kier molecular flexibility index (Phi) is 4.83. The predicted molar refractivity (Wildman–Crippen MR) is 113 cm³/mol. The van der Waals surface area contributed by atoms with Gasteiger partial charge in [0.25, 0.3) is 0 Å². The Bertz CT molecular complexity index is 1230. The maximum atomic E-state index is 14.4. The highest BCUT2D eigenvalue weighted by molar-refractivity contribution is 5.78. The van der Waals surface area contributed by atoms with Gasteiger partial charge in [0.1, 0.15) is 24.6 Å². The molecule has 0 amide bonds. The molecule has 0 atom stereocenters. The Morgan fingerprint density at radius 2 is 1.77 bits per heavy atom. The minimum absolute atomic E-state index is 0.0181. The monoisotopic (exact) mass is 419 g/mol. The van der Waals surface area contributed by atoms with Crippen molar-refractivity contribution in [1.29, 1.82) is 0 Å². The van der Waals surface area contributed by atoms with Gasteiger partial charge in [-0.25, -0.2) is 9.37 Å². The fourth-order valence-corrected chi connectivity index (χ4v) is 3.20. The van der Waals surface area contributed by atoms with Gasteiger partial charge in [0.05, 0.1) is 6.20 Å². The van der Waals surface area contributed by atoms with Crippen LogP contribution in [0.1, 0.15) is 5.76 Å². The number of rotatable bonds is 5. The molecule has 0 fully saturated rings. The fraction of sp³-hybridized carbons (Fsp3) is 0.136. The Morgan fingerprint density at radius 3 is 2.61 bits per heavy atom. The molecule has 1 aliphatic rings. The molecule has 156 valence electrons. The summed E-state index contributed by atoms with van der Waals surface area (Å²) in [6.07, 6.45) is 1.10. The van der Waals surface area contributed by atoms with E-state index < -0.39 is 5.82 Å².